The zero-order valence-corrected chi connectivity index (χ0v) is 9.98. The predicted molar refractivity (Wildman–Crippen MR) is 62.6 cm³/mol. The van der Waals surface area contributed by atoms with E-state index in [1.807, 2.05) is 5.41 Å². The molecule has 5 atom stereocenters. The molecular weight excluding hydrogens is 228 g/mol. The number of hydrogen-bond donors (Lipinski definition) is 4. The minimum Gasteiger partial charge on any atom is -0.394 e. The molecule has 0 aliphatic carbocycles. The third kappa shape index (κ3) is 2.36. The van der Waals surface area contributed by atoms with Crippen molar-refractivity contribution in [1.82, 2.24) is 5.32 Å². The second kappa shape index (κ2) is 4.93. The van der Waals surface area contributed by atoms with E-state index in [0.29, 0.717) is 11.8 Å². The molecule has 0 saturated carbocycles. The molecule has 2 rings (SSSR count). The monoisotopic (exact) mass is 246 g/mol. The summed E-state index contributed by atoms with van der Waals surface area (Å²) in [5.74, 6) is 0. The molecule has 0 aromatic rings. The highest BCUT2D eigenvalue weighted by Crippen LogP contribution is 2.29. The molecule has 1 fully saturated rings. The van der Waals surface area contributed by atoms with E-state index in [0.717, 1.165) is 5.70 Å². The molecule has 0 aromatic carbocycles. The quantitative estimate of drug-likeness (QED) is 0.518. The molecule has 5 nitrogen and oxygen atoms in total. The fourth-order valence-corrected chi connectivity index (χ4v) is 2.78. The molecule has 1 saturated heterocycles. The van der Waals surface area contributed by atoms with Gasteiger partial charge in [-0.3, -0.25) is 0 Å². The number of aliphatic hydroxyl groups is 2. The van der Waals surface area contributed by atoms with Crippen molar-refractivity contribution in [2.24, 2.45) is 5.73 Å². The number of rotatable bonds is 2. The van der Waals surface area contributed by atoms with E-state index in [1.165, 1.54) is 0 Å². The Hall–Kier alpha value is -0.270. The van der Waals surface area contributed by atoms with Gasteiger partial charge in [0.15, 0.2) is 0 Å². The topological polar surface area (TPSA) is 87.7 Å². The van der Waals surface area contributed by atoms with Crippen molar-refractivity contribution in [2.75, 3.05) is 6.61 Å². The molecule has 0 radical (unpaired) electrons. The molecule has 6 heteroatoms. The lowest BCUT2D eigenvalue weighted by atomic mass is 9.95. The van der Waals surface area contributed by atoms with E-state index >= 15 is 0 Å². The summed E-state index contributed by atoms with van der Waals surface area (Å²) in [5, 5.41) is 24.4. The summed E-state index contributed by atoms with van der Waals surface area (Å²) in [6.07, 6.45) is -0.942. The minimum atomic E-state index is -0.784. The van der Waals surface area contributed by atoms with E-state index in [1.54, 1.807) is 11.8 Å². The van der Waals surface area contributed by atoms with Crippen LogP contribution in [0.2, 0.25) is 0 Å². The summed E-state index contributed by atoms with van der Waals surface area (Å²) in [6, 6.07) is -0.348. The van der Waals surface area contributed by atoms with E-state index in [2.05, 4.69) is 12.2 Å². The Morgan fingerprint density at radius 1 is 1.69 bits per heavy atom. The van der Waals surface area contributed by atoms with Gasteiger partial charge in [0.2, 0.25) is 0 Å². The van der Waals surface area contributed by atoms with Gasteiger partial charge in [0.25, 0.3) is 0 Å². The third-order valence-electron chi connectivity index (χ3n) is 2.94. The van der Waals surface area contributed by atoms with Crippen LogP contribution < -0.4 is 11.1 Å². The van der Waals surface area contributed by atoms with Crippen molar-refractivity contribution in [3.05, 3.63) is 11.1 Å². The van der Waals surface area contributed by atoms with Crippen molar-refractivity contribution in [3.63, 3.8) is 0 Å². The minimum absolute atomic E-state index is 0.145. The van der Waals surface area contributed by atoms with Crippen LogP contribution in [0.25, 0.3) is 0 Å². The van der Waals surface area contributed by atoms with Gasteiger partial charge in [0, 0.05) is 11.7 Å². The van der Waals surface area contributed by atoms with E-state index in [9.17, 15) is 5.11 Å². The van der Waals surface area contributed by atoms with Gasteiger partial charge in [0.05, 0.1) is 24.2 Å². The van der Waals surface area contributed by atoms with Crippen LogP contribution in [0.15, 0.2) is 11.1 Å². The highest BCUT2D eigenvalue weighted by atomic mass is 32.2. The first-order chi connectivity index (χ1) is 7.61. The Labute approximate surface area is 99.0 Å². The molecule has 0 aromatic heterocycles. The summed E-state index contributed by atoms with van der Waals surface area (Å²) in [7, 11) is 0. The van der Waals surface area contributed by atoms with Crippen LogP contribution in [0.3, 0.4) is 0 Å². The molecule has 5 N–H and O–H groups in total. The second-order valence-electron chi connectivity index (χ2n) is 4.23. The Balaban J connectivity index is 2.01. The highest BCUT2D eigenvalue weighted by molar-refractivity contribution is 8.02. The molecule has 2 heterocycles. The number of ether oxygens (including phenoxy) is 1. The van der Waals surface area contributed by atoms with Crippen molar-refractivity contribution in [1.29, 1.82) is 0 Å². The van der Waals surface area contributed by atoms with Crippen LogP contribution in [0.4, 0.5) is 0 Å². The van der Waals surface area contributed by atoms with Crippen molar-refractivity contribution >= 4 is 11.8 Å². The highest BCUT2D eigenvalue weighted by Gasteiger charge is 2.37. The van der Waals surface area contributed by atoms with Gasteiger partial charge in [0.1, 0.15) is 6.10 Å². The first-order valence-corrected chi connectivity index (χ1v) is 6.38. The van der Waals surface area contributed by atoms with Gasteiger partial charge in [-0.2, -0.15) is 0 Å². The van der Waals surface area contributed by atoms with E-state index < -0.39 is 12.2 Å². The third-order valence-corrected chi connectivity index (χ3v) is 3.86. The van der Waals surface area contributed by atoms with E-state index in [-0.39, 0.29) is 18.8 Å². The lowest BCUT2D eigenvalue weighted by Crippen LogP contribution is -2.54. The van der Waals surface area contributed by atoms with Gasteiger partial charge in [-0.25, -0.2) is 0 Å². The molecule has 0 bridgehead atoms. The molecule has 92 valence electrons. The maximum absolute atomic E-state index is 9.69. The number of hydrogen-bond acceptors (Lipinski definition) is 6. The standard InChI is InChI=1S/C10H18N2O3S/c1-5-12-7(4-16-5)8-2-6(11)10(14)9(3-13)15-8/h4-6,8-10,12-14H,2-3,11H2,1H3. The SMILES string of the molecule is CC1NC(C2CC(N)C(O)C(CO)O2)=CS1. The molecule has 16 heavy (non-hydrogen) atoms. The van der Waals surface area contributed by atoms with Crippen LogP contribution in [0.5, 0.6) is 0 Å². The Bertz CT molecular complexity index is 287. The largest absolute Gasteiger partial charge is 0.394 e. The summed E-state index contributed by atoms with van der Waals surface area (Å²) >= 11 is 1.69. The van der Waals surface area contributed by atoms with Gasteiger partial charge in [-0.1, -0.05) is 0 Å². The number of nitrogens with one attached hydrogen (secondary N) is 1. The molecule has 0 amide bonds. The lowest BCUT2D eigenvalue weighted by molar-refractivity contribution is -0.131. The summed E-state index contributed by atoms with van der Waals surface area (Å²) < 4.78 is 5.63. The summed E-state index contributed by atoms with van der Waals surface area (Å²) in [6.45, 7) is 1.86. The average molecular weight is 246 g/mol. The van der Waals surface area contributed by atoms with E-state index in [4.69, 9.17) is 15.6 Å². The lowest BCUT2D eigenvalue weighted by Gasteiger charge is -2.37. The first kappa shape index (κ1) is 12.2. The second-order valence-corrected chi connectivity index (χ2v) is 5.45. The van der Waals surface area contributed by atoms with Crippen molar-refractivity contribution < 1.29 is 14.9 Å². The Morgan fingerprint density at radius 3 is 3.00 bits per heavy atom. The summed E-state index contributed by atoms with van der Waals surface area (Å²) in [4.78, 5) is 0. The normalized spacial score (nSPS) is 44.0. The van der Waals surface area contributed by atoms with Gasteiger partial charge in [-0.15, -0.1) is 11.8 Å². The Morgan fingerprint density at radius 2 is 2.44 bits per heavy atom. The zero-order chi connectivity index (χ0) is 11.7. The molecule has 5 unspecified atom stereocenters. The van der Waals surface area contributed by atoms with Crippen LogP contribution in [-0.4, -0.2) is 46.5 Å². The fraction of sp³-hybridized carbons (Fsp3) is 0.800. The van der Waals surface area contributed by atoms with Gasteiger partial charge < -0.3 is 26.0 Å². The number of aliphatic hydroxyl groups excluding tert-OH is 2. The van der Waals surface area contributed by atoms with Crippen molar-refractivity contribution in [3.8, 4) is 0 Å². The predicted octanol–water partition coefficient (Wildman–Crippen LogP) is -0.652. The molecule has 2 aliphatic heterocycles. The van der Waals surface area contributed by atoms with Gasteiger partial charge >= 0.3 is 0 Å². The average Bonchev–Trinajstić information content (AvgIpc) is 2.69. The maximum Gasteiger partial charge on any atom is 0.109 e. The number of thioether (sulfide) groups is 1. The Kier molecular flexibility index (Phi) is 3.76. The van der Waals surface area contributed by atoms with Crippen LogP contribution in [0.1, 0.15) is 13.3 Å². The zero-order valence-electron chi connectivity index (χ0n) is 9.17. The fourth-order valence-electron chi connectivity index (χ4n) is 2.01. The maximum atomic E-state index is 9.69. The summed E-state index contributed by atoms with van der Waals surface area (Å²) in [5.41, 5.74) is 6.83. The van der Waals surface area contributed by atoms with Crippen LogP contribution >= 0.6 is 11.8 Å². The smallest absolute Gasteiger partial charge is 0.109 e. The molecule has 2 aliphatic rings. The molecule has 0 spiro atoms. The van der Waals surface area contributed by atoms with Crippen LogP contribution in [-0.2, 0) is 4.74 Å². The van der Waals surface area contributed by atoms with Gasteiger partial charge in [-0.05, 0) is 18.8 Å². The molecular formula is C10H18N2O3S. The first-order valence-electron chi connectivity index (χ1n) is 5.44. The van der Waals surface area contributed by atoms with Crippen molar-refractivity contribution in [2.45, 2.75) is 43.1 Å². The number of nitrogens with two attached hydrogens (primary N) is 1. The van der Waals surface area contributed by atoms with Crippen LogP contribution in [0, 0.1) is 0 Å².